The first-order valence-electron chi connectivity index (χ1n) is 14.3. The van der Waals surface area contributed by atoms with E-state index in [0.29, 0.717) is 17.7 Å². The SMILES string of the molecule is CC[C@H](C(=O)NC1CCCC1)N(Cc1ccc(F)cc1)C(=O)CN(c1ccc(OC)c(Cl)c1)S(=O)(=O)c1ccc(C)cc1. The molecule has 0 radical (unpaired) electrons. The number of carbonyl (C=O) groups excluding carboxylic acids is 2. The largest absolute Gasteiger partial charge is 0.495 e. The van der Waals surface area contributed by atoms with Crippen molar-refractivity contribution < 1.29 is 27.1 Å². The van der Waals surface area contributed by atoms with Crippen molar-refractivity contribution in [3.05, 3.63) is 88.7 Å². The number of nitrogens with one attached hydrogen (secondary N) is 1. The summed E-state index contributed by atoms with van der Waals surface area (Å²) >= 11 is 6.38. The Morgan fingerprint density at radius 2 is 1.70 bits per heavy atom. The second-order valence-electron chi connectivity index (χ2n) is 10.7. The van der Waals surface area contributed by atoms with Gasteiger partial charge in [-0.05, 0) is 74.2 Å². The lowest BCUT2D eigenvalue weighted by atomic mass is 10.1. The Balaban J connectivity index is 1.73. The smallest absolute Gasteiger partial charge is 0.264 e. The second-order valence-corrected chi connectivity index (χ2v) is 13.0. The zero-order valence-corrected chi connectivity index (χ0v) is 26.1. The van der Waals surface area contributed by atoms with Crippen LogP contribution in [0.2, 0.25) is 5.02 Å². The number of nitrogens with zero attached hydrogens (tertiary/aromatic N) is 2. The van der Waals surface area contributed by atoms with Crippen LogP contribution in [0.15, 0.2) is 71.6 Å². The van der Waals surface area contributed by atoms with Gasteiger partial charge in [-0.2, -0.15) is 0 Å². The summed E-state index contributed by atoms with van der Waals surface area (Å²) in [4.78, 5) is 29.1. The van der Waals surface area contributed by atoms with E-state index in [4.69, 9.17) is 16.3 Å². The molecule has 2 amide bonds. The standard InChI is InChI=1S/C32H37ClFN3O5S/c1-4-29(32(39)35-25-7-5-6-8-25)36(20-23-11-13-24(34)14-12-23)31(38)21-37(26-15-18-30(42-3)28(33)19-26)43(40,41)27-16-9-22(2)10-17-27/h9-19,25,29H,4-8,20-21H2,1-3H3,(H,35,39)/t29-/m1/s1. The Morgan fingerprint density at radius 3 is 2.28 bits per heavy atom. The van der Waals surface area contributed by atoms with Gasteiger partial charge in [-0.25, -0.2) is 12.8 Å². The van der Waals surface area contributed by atoms with E-state index in [-0.39, 0.29) is 34.1 Å². The van der Waals surface area contributed by atoms with Crippen molar-refractivity contribution in [2.24, 2.45) is 0 Å². The summed E-state index contributed by atoms with van der Waals surface area (Å²) in [5, 5.41) is 3.24. The summed E-state index contributed by atoms with van der Waals surface area (Å²) in [6.07, 6.45) is 4.08. The number of rotatable bonds is 12. The summed E-state index contributed by atoms with van der Waals surface area (Å²) in [7, 11) is -2.80. The molecular formula is C32H37ClFN3O5S. The van der Waals surface area contributed by atoms with Crippen LogP contribution in [0, 0.1) is 12.7 Å². The molecule has 1 aliphatic rings. The fourth-order valence-electron chi connectivity index (χ4n) is 5.25. The molecule has 0 spiro atoms. The minimum absolute atomic E-state index is 0.00561. The summed E-state index contributed by atoms with van der Waals surface area (Å²) < 4.78 is 48.0. The van der Waals surface area contributed by atoms with Crippen LogP contribution < -0.4 is 14.4 Å². The van der Waals surface area contributed by atoms with Crippen molar-refractivity contribution in [3.63, 3.8) is 0 Å². The molecule has 230 valence electrons. The van der Waals surface area contributed by atoms with Crippen LogP contribution in [0.5, 0.6) is 5.75 Å². The molecule has 8 nitrogen and oxygen atoms in total. The quantitative estimate of drug-likeness (QED) is 0.271. The van der Waals surface area contributed by atoms with E-state index in [2.05, 4.69) is 5.32 Å². The van der Waals surface area contributed by atoms with Crippen molar-refractivity contribution in [2.45, 2.75) is 69.5 Å². The normalized spacial score (nSPS) is 14.3. The number of aryl methyl sites for hydroxylation is 1. The first-order valence-corrected chi connectivity index (χ1v) is 16.1. The van der Waals surface area contributed by atoms with Crippen molar-refractivity contribution >= 4 is 39.1 Å². The molecule has 0 saturated heterocycles. The number of methoxy groups -OCH3 is 1. The van der Waals surface area contributed by atoms with Gasteiger partial charge in [0.05, 0.1) is 22.7 Å². The van der Waals surface area contributed by atoms with Crippen LogP contribution in [0.25, 0.3) is 0 Å². The van der Waals surface area contributed by atoms with E-state index >= 15 is 0 Å². The topological polar surface area (TPSA) is 96.0 Å². The number of carbonyl (C=O) groups is 2. The molecule has 0 bridgehead atoms. The molecule has 1 atom stereocenters. The van der Waals surface area contributed by atoms with Gasteiger partial charge in [-0.15, -0.1) is 0 Å². The molecule has 0 unspecified atom stereocenters. The van der Waals surface area contributed by atoms with Gasteiger partial charge in [-0.1, -0.05) is 61.2 Å². The van der Waals surface area contributed by atoms with Crippen LogP contribution >= 0.6 is 11.6 Å². The summed E-state index contributed by atoms with van der Waals surface area (Å²) in [6.45, 7) is 3.02. The molecule has 0 heterocycles. The highest BCUT2D eigenvalue weighted by Crippen LogP contribution is 2.32. The maximum absolute atomic E-state index is 14.2. The number of ether oxygens (including phenoxy) is 1. The summed E-state index contributed by atoms with van der Waals surface area (Å²) in [5.41, 5.74) is 1.63. The third kappa shape index (κ3) is 7.86. The van der Waals surface area contributed by atoms with Gasteiger partial charge in [0.2, 0.25) is 11.8 Å². The Labute approximate surface area is 257 Å². The Bertz CT molecular complexity index is 1530. The van der Waals surface area contributed by atoms with Gasteiger partial charge in [0.1, 0.15) is 24.2 Å². The van der Waals surface area contributed by atoms with Crippen molar-refractivity contribution in [1.82, 2.24) is 10.2 Å². The number of sulfonamides is 1. The molecule has 4 rings (SSSR count). The average molecular weight is 630 g/mol. The molecule has 0 aliphatic heterocycles. The third-order valence-corrected chi connectivity index (χ3v) is 9.75. The molecule has 11 heteroatoms. The molecule has 1 fully saturated rings. The fraction of sp³-hybridized carbons (Fsp3) is 0.375. The lowest BCUT2D eigenvalue weighted by Gasteiger charge is -2.34. The minimum atomic E-state index is -4.25. The zero-order valence-electron chi connectivity index (χ0n) is 24.6. The second kappa shape index (κ2) is 14.2. The third-order valence-electron chi connectivity index (χ3n) is 7.66. The summed E-state index contributed by atoms with van der Waals surface area (Å²) in [5.74, 6) is -0.984. The number of halogens is 2. The monoisotopic (exact) mass is 629 g/mol. The van der Waals surface area contributed by atoms with E-state index in [0.717, 1.165) is 35.6 Å². The van der Waals surface area contributed by atoms with Gasteiger partial charge < -0.3 is 15.0 Å². The molecule has 1 aliphatic carbocycles. The molecule has 1 N–H and O–H groups in total. The van der Waals surface area contributed by atoms with E-state index in [1.165, 1.54) is 54.5 Å². The highest BCUT2D eigenvalue weighted by Gasteiger charge is 2.34. The number of amides is 2. The lowest BCUT2D eigenvalue weighted by molar-refractivity contribution is -0.140. The predicted molar refractivity (Wildman–Crippen MR) is 165 cm³/mol. The maximum Gasteiger partial charge on any atom is 0.264 e. The lowest BCUT2D eigenvalue weighted by Crippen LogP contribution is -2.53. The van der Waals surface area contributed by atoms with E-state index in [1.807, 2.05) is 6.92 Å². The van der Waals surface area contributed by atoms with Crippen molar-refractivity contribution in [3.8, 4) is 5.75 Å². The Kier molecular flexibility index (Phi) is 10.7. The van der Waals surface area contributed by atoms with Gasteiger partial charge in [0.25, 0.3) is 10.0 Å². The first kappa shape index (κ1) is 32.3. The van der Waals surface area contributed by atoms with E-state index in [1.54, 1.807) is 31.2 Å². The van der Waals surface area contributed by atoms with Crippen LogP contribution in [0.4, 0.5) is 10.1 Å². The highest BCUT2D eigenvalue weighted by atomic mass is 35.5. The maximum atomic E-state index is 14.2. The molecular weight excluding hydrogens is 593 g/mol. The van der Waals surface area contributed by atoms with Crippen molar-refractivity contribution in [2.75, 3.05) is 18.0 Å². The van der Waals surface area contributed by atoms with Crippen LogP contribution in [-0.4, -0.2) is 50.9 Å². The minimum Gasteiger partial charge on any atom is -0.495 e. The predicted octanol–water partition coefficient (Wildman–Crippen LogP) is 5.86. The molecule has 0 aromatic heterocycles. The first-order chi connectivity index (χ1) is 20.5. The van der Waals surface area contributed by atoms with Gasteiger partial charge in [-0.3, -0.25) is 13.9 Å². The number of anilines is 1. The number of hydrogen-bond acceptors (Lipinski definition) is 5. The van der Waals surface area contributed by atoms with E-state index in [9.17, 15) is 22.4 Å². The Hall–Kier alpha value is -3.63. The number of benzene rings is 3. The van der Waals surface area contributed by atoms with Gasteiger partial charge in [0.15, 0.2) is 0 Å². The van der Waals surface area contributed by atoms with Gasteiger partial charge >= 0.3 is 0 Å². The van der Waals surface area contributed by atoms with E-state index < -0.39 is 34.3 Å². The molecule has 3 aromatic rings. The molecule has 43 heavy (non-hydrogen) atoms. The molecule has 3 aromatic carbocycles. The summed E-state index contributed by atoms with van der Waals surface area (Å²) in [6, 6.07) is 15.6. The van der Waals surface area contributed by atoms with Gasteiger partial charge in [0, 0.05) is 12.6 Å². The van der Waals surface area contributed by atoms with Crippen molar-refractivity contribution in [1.29, 1.82) is 0 Å². The fourth-order valence-corrected chi connectivity index (χ4v) is 6.91. The average Bonchev–Trinajstić information content (AvgIpc) is 3.50. The molecule has 1 saturated carbocycles. The van der Waals surface area contributed by atoms with Crippen LogP contribution in [0.1, 0.15) is 50.2 Å². The zero-order chi connectivity index (χ0) is 31.1. The van der Waals surface area contributed by atoms with Crippen LogP contribution in [-0.2, 0) is 26.2 Å². The highest BCUT2D eigenvalue weighted by molar-refractivity contribution is 7.92. The van der Waals surface area contributed by atoms with Crippen LogP contribution in [0.3, 0.4) is 0 Å². The number of hydrogen-bond donors (Lipinski definition) is 1. The Morgan fingerprint density at radius 1 is 1.05 bits per heavy atom.